The lowest BCUT2D eigenvalue weighted by molar-refractivity contribution is -0.121. The molecule has 26 heavy (non-hydrogen) atoms. The van der Waals surface area contributed by atoms with Crippen molar-refractivity contribution in [3.63, 3.8) is 0 Å². The summed E-state index contributed by atoms with van der Waals surface area (Å²) in [7, 11) is 0. The van der Waals surface area contributed by atoms with Gasteiger partial charge in [0.1, 0.15) is 0 Å². The fourth-order valence-corrected chi connectivity index (χ4v) is 2.34. The van der Waals surface area contributed by atoms with E-state index in [1.807, 2.05) is 30.3 Å². The topological polar surface area (TPSA) is 79.5 Å². The van der Waals surface area contributed by atoms with Gasteiger partial charge in [-0.2, -0.15) is 0 Å². The first-order valence-corrected chi connectivity index (χ1v) is 8.70. The van der Waals surface area contributed by atoms with Crippen molar-refractivity contribution in [2.24, 2.45) is 0 Å². The van der Waals surface area contributed by atoms with Crippen LogP contribution in [0.2, 0.25) is 5.02 Å². The molecule has 0 bridgehead atoms. The molecule has 6 nitrogen and oxygen atoms in total. The SMILES string of the molecule is O=C(CCNC(=O)Nc1cccc(Cl)c1)NCCOCc1ccccc1. The van der Waals surface area contributed by atoms with Crippen LogP contribution in [0, 0.1) is 0 Å². The van der Waals surface area contributed by atoms with E-state index in [-0.39, 0.29) is 24.9 Å². The molecule has 3 amide bonds. The van der Waals surface area contributed by atoms with E-state index in [4.69, 9.17) is 16.3 Å². The Morgan fingerprint density at radius 3 is 2.54 bits per heavy atom. The maximum absolute atomic E-state index is 11.7. The molecule has 0 aliphatic heterocycles. The number of nitrogens with one attached hydrogen (secondary N) is 3. The first-order chi connectivity index (χ1) is 12.6. The molecule has 138 valence electrons. The molecule has 3 N–H and O–H groups in total. The van der Waals surface area contributed by atoms with E-state index in [0.717, 1.165) is 5.56 Å². The lowest BCUT2D eigenvalue weighted by Gasteiger charge is -2.09. The quantitative estimate of drug-likeness (QED) is 0.589. The highest BCUT2D eigenvalue weighted by molar-refractivity contribution is 6.30. The van der Waals surface area contributed by atoms with Gasteiger partial charge in [-0.25, -0.2) is 4.79 Å². The second-order valence-corrected chi connectivity index (χ2v) is 5.97. The third kappa shape index (κ3) is 8.00. The van der Waals surface area contributed by atoms with Gasteiger partial charge in [-0.1, -0.05) is 48.0 Å². The van der Waals surface area contributed by atoms with Crippen LogP contribution in [0.4, 0.5) is 10.5 Å². The van der Waals surface area contributed by atoms with Gasteiger partial charge in [-0.3, -0.25) is 4.79 Å². The molecule has 7 heteroatoms. The summed E-state index contributed by atoms with van der Waals surface area (Å²) in [5.74, 6) is -0.142. The van der Waals surface area contributed by atoms with Crippen molar-refractivity contribution in [2.45, 2.75) is 13.0 Å². The Hall–Kier alpha value is -2.57. The molecule has 0 aliphatic carbocycles. The van der Waals surface area contributed by atoms with Crippen molar-refractivity contribution in [1.82, 2.24) is 10.6 Å². The van der Waals surface area contributed by atoms with Crippen LogP contribution in [0.5, 0.6) is 0 Å². The second-order valence-electron chi connectivity index (χ2n) is 5.53. The number of benzene rings is 2. The minimum atomic E-state index is -0.383. The van der Waals surface area contributed by atoms with E-state index < -0.39 is 0 Å². The lowest BCUT2D eigenvalue weighted by Crippen LogP contribution is -2.34. The number of ether oxygens (including phenoxy) is 1. The summed E-state index contributed by atoms with van der Waals surface area (Å²) in [6.45, 7) is 1.62. The van der Waals surface area contributed by atoms with Crippen molar-refractivity contribution in [3.8, 4) is 0 Å². The number of amides is 3. The molecule has 2 rings (SSSR count). The van der Waals surface area contributed by atoms with Crippen molar-refractivity contribution in [3.05, 3.63) is 65.2 Å². The average Bonchev–Trinajstić information content (AvgIpc) is 2.62. The molecule has 0 heterocycles. The van der Waals surface area contributed by atoms with Gasteiger partial charge in [0.2, 0.25) is 5.91 Å². The summed E-state index contributed by atoms with van der Waals surface area (Å²) in [6, 6.07) is 16.3. The molecule has 0 spiro atoms. The number of carbonyl (C=O) groups is 2. The highest BCUT2D eigenvalue weighted by atomic mass is 35.5. The molecule has 0 aliphatic rings. The predicted molar refractivity (Wildman–Crippen MR) is 102 cm³/mol. The third-order valence-corrected chi connectivity index (χ3v) is 3.64. The van der Waals surface area contributed by atoms with Crippen LogP contribution in [0.1, 0.15) is 12.0 Å². The van der Waals surface area contributed by atoms with Crippen molar-refractivity contribution >= 4 is 29.2 Å². The number of hydrogen-bond acceptors (Lipinski definition) is 3. The van der Waals surface area contributed by atoms with Gasteiger partial charge in [0.25, 0.3) is 0 Å². The number of hydrogen-bond donors (Lipinski definition) is 3. The van der Waals surface area contributed by atoms with Crippen LogP contribution in [0.3, 0.4) is 0 Å². The van der Waals surface area contributed by atoms with E-state index in [2.05, 4.69) is 16.0 Å². The number of carbonyl (C=O) groups excluding carboxylic acids is 2. The largest absolute Gasteiger partial charge is 0.375 e. The average molecular weight is 376 g/mol. The van der Waals surface area contributed by atoms with Gasteiger partial charge in [0, 0.05) is 30.2 Å². The standard InChI is InChI=1S/C19H22ClN3O3/c20-16-7-4-8-17(13-16)23-19(25)22-10-9-18(24)21-11-12-26-14-15-5-2-1-3-6-15/h1-8,13H,9-12,14H2,(H,21,24)(H2,22,23,25). The second kappa shape index (κ2) is 11.1. The third-order valence-electron chi connectivity index (χ3n) is 3.40. The smallest absolute Gasteiger partial charge is 0.319 e. The van der Waals surface area contributed by atoms with Gasteiger partial charge >= 0.3 is 6.03 Å². The van der Waals surface area contributed by atoms with Gasteiger partial charge in [-0.05, 0) is 23.8 Å². The molecular formula is C19H22ClN3O3. The van der Waals surface area contributed by atoms with Crippen LogP contribution in [-0.4, -0.2) is 31.6 Å². The Balaban J connectivity index is 1.51. The Morgan fingerprint density at radius 1 is 0.962 bits per heavy atom. The monoisotopic (exact) mass is 375 g/mol. The van der Waals surface area contributed by atoms with Gasteiger partial charge in [0.15, 0.2) is 0 Å². The zero-order valence-electron chi connectivity index (χ0n) is 14.3. The molecule has 2 aromatic rings. The van der Waals surface area contributed by atoms with Crippen LogP contribution < -0.4 is 16.0 Å². The number of urea groups is 1. The van der Waals surface area contributed by atoms with E-state index >= 15 is 0 Å². The fraction of sp³-hybridized carbons (Fsp3) is 0.263. The molecule has 0 unspecified atom stereocenters. The fourth-order valence-electron chi connectivity index (χ4n) is 2.15. The van der Waals surface area contributed by atoms with E-state index in [0.29, 0.717) is 30.5 Å². The molecule has 0 fully saturated rings. The zero-order valence-corrected chi connectivity index (χ0v) is 15.1. The lowest BCUT2D eigenvalue weighted by atomic mass is 10.2. The number of rotatable bonds is 9. The van der Waals surface area contributed by atoms with Crippen LogP contribution in [0.25, 0.3) is 0 Å². The van der Waals surface area contributed by atoms with E-state index in [1.54, 1.807) is 24.3 Å². The molecule has 0 radical (unpaired) electrons. The van der Waals surface area contributed by atoms with E-state index in [9.17, 15) is 9.59 Å². The summed E-state index contributed by atoms with van der Waals surface area (Å²) in [4.78, 5) is 23.4. The maximum Gasteiger partial charge on any atom is 0.319 e. The Labute approximate surface area is 157 Å². The van der Waals surface area contributed by atoms with Crippen LogP contribution in [-0.2, 0) is 16.1 Å². The Morgan fingerprint density at radius 2 is 1.77 bits per heavy atom. The van der Waals surface area contributed by atoms with Gasteiger partial charge < -0.3 is 20.7 Å². The Bertz CT molecular complexity index is 710. The molecule has 0 saturated heterocycles. The summed E-state index contributed by atoms with van der Waals surface area (Å²) in [6.07, 6.45) is 0.196. The van der Waals surface area contributed by atoms with Gasteiger partial charge in [0.05, 0.1) is 13.2 Å². The highest BCUT2D eigenvalue weighted by Crippen LogP contribution is 2.14. The molecule has 2 aromatic carbocycles. The summed E-state index contributed by atoms with van der Waals surface area (Å²) < 4.78 is 5.48. The minimum Gasteiger partial charge on any atom is -0.375 e. The van der Waals surface area contributed by atoms with Crippen LogP contribution in [0.15, 0.2) is 54.6 Å². The highest BCUT2D eigenvalue weighted by Gasteiger charge is 2.04. The van der Waals surface area contributed by atoms with E-state index in [1.165, 1.54) is 0 Å². The minimum absolute atomic E-state index is 0.142. The molecule has 0 atom stereocenters. The normalized spacial score (nSPS) is 10.2. The number of anilines is 1. The van der Waals surface area contributed by atoms with Crippen molar-refractivity contribution in [1.29, 1.82) is 0 Å². The van der Waals surface area contributed by atoms with Crippen LogP contribution >= 0.6 is 11.6 Å². The predicted octanol–water partition coefficient (Wildman–Crippen LogP) is 3.18. The first kappa shape index (κ1) is 19.8. The summed E-state index contributed by atoms with van der Waals surface area (Å²) >= 11 is 5.85. The molecule has 0 saturated carbocycles. The maximum atomic E-state index is 11.7. The molecular weight excluding hydrogens is 354 g/mol. The summed E-state index contributed by atoms with van der Waals surface area (Å²) in [5.41, 5.74) is 1.68. The molecule has 0 aromatic heterocycles. The van der Waals surface area contributed by atoms with Crippen molar-refractivity contribution in [2.75, 3.05) is 25.0 Å². The first-order valence-electron chi connectivity index (χ1n) is 8.32. The van der Waals surface area contributed by atoms with Gasteiger partial charge in [-0.15, -0.1) is 0 Å². The Kier molecular flexibility index (Phi) is 8.45. The number of halogens is 1. The zero-order chi connectivity index (χ0) is 18.6. The van der Waals surface area contributed by atoms with Crippen molar-refractivity contribution < 1.29 is 14.3 Å². The summed E-state index contributed by atoms with van der Waals surface area (Å²) in [5, 5.41) is 8.55.